The van der Waals surface area contributed by atoms with Gasteiger partial charge in [-0.2, -0.15) is 0 Å². The van der Waals surface area contributed by atoms with Crippen molar-refractivity contribution in [3.8, 4) is 0 Å². The van der Waals surface area contributed by atoms with E-state index in [-0.39, 0.29) is 18.1 Å². The number of esters is 1. The van der Waals surface area contributed by atoms with Crippen molar-refractivity contribution in [1.82, 2.24) is 0 Å². The second kappa shape index (κ2) is 6.99. The van der Waals surface area contributed by atoms with Crippen LogP contribution in [0.4, 0.5) is 0 Å². The van der Waals surface area contributed by atoms with Gasteiger partial charge in [-0.15, -0.1) is 0 Å². The molecule has 2 atom stereocenters. The number of carbonyl (C=O) groups is 1. The smallest absolute Gasteiger partial charge is 0.305 e. The van der Waals surface area contributed by atoms with Crippen LogP contribution in [0.3, 0.4) is 0 Å². The van der Waals surface area contributed by atoms with Crippen molar-refractivity contribution in [2.75, 3.05) is 12.4 Å². The summed E-state index contributed by atoms with van der Waals surface area (Å²) in [6.45, 7) is 2.07. The van der Waals surface area contributed by atoms with Crippen LogP contribution in [0.5, 0.6) is 0 Å². The third kappa shape index (κ3) is 7.89. The van der Waals surface area contributed by atoms with E-state index in [2.05, 4.69) is 4.74 Å². The number of nitrogens with two attached hydrogens (primary N) is 1. The van der Waals surface area contributed by atoms with Gasteiger partial charge in [-0.05, 0) is 13.3 Å². The van der Waals surface area contributed by atoms with Gasteiger partial charge in [-0.3, -0.25) is 4.79 Å². The number of ether oxygens (including phenoxy) is 1. The third-order valence-electron chi connectivity index (χ3n) is 1.38. The summed E-state index contributed by atoms with van der Waals surface area (Å²) in [6, 6.07) is -0.421. The molecule has 0 saturated carbocycles. The zero-order chi connectivity index (χ0) is 10.3. The summed E-state index contributed by atoms with van der Waals surface area (Å²) in [6.07, 6.45) is 0.581. The summed E-state index contributed by atoms with van der Waals surface area (Å²) in [5, 5.41) is 0. The van der Waals surface area contributed by atoms with Crippen LogP contribution in [-0.4, -0.2) is 33.1 Å². The molecule has 0 aliphatic rings. The van der Waals surface area contributed by atoms with E-state index in [4.69, 9.17) is 10.3 Å². The first-order chi connectivity index (χ1) is 6.06. The van der Waals surface area contributed by atoms with Crippen molar-refractivity contribution in [3.05, 3.63) is 0 Å². The normalized spacial score (nSPS) is 15.0. The Hall–Kier alpha value is -0.460. The Morgan fingerprint density at radius 2 is 2.31 bits per heavy atom. The Morgan fingerprint density at radius 3 is 2.77 bits per heavy atom. The number of hydrogen-bond donors (Lipinski definition) is 2. The maximum Gasteiger partial charge on any atom is 0.305 e. The van der Waals surface area contributed by atoms with Crippen molar-refractivity contribution in [1.29, 1.82) is 0 Å². The van der Waals surface area contributed by atoms with Gasteiger partial charge in [-0.25, -0.2) is 4.21 Å². The maximum absolute atomic E-state index is 10.8. The Bertz CT molecular complexity index is 185. The monoisotopic (exact) mass is 209 g/mol. The number of rotatable bonds is 6. The molecule has 0 rings (SSSR count). The molecule has 0 aromatic rings. The quantitative estimate of drug-likeness (QED) is 0.470. The van der Waals surface area contributed by atoms with Crippen LogP contribution in [0.25, 0.3) is 0 Å². The van der Waals surface area contributed by atoms with Crippen LogP contribution in [0.15, 0.2) is 0 Å². The van der Waals surface area contributed by atoms with Gasteiger partial charge in [0.05, 0.1) is 12.4 Å². The summed E-state index contributed by atoms with van der Waals surface area (Å²) in [5.74, 6) is -0.318. The molecule has 13 heavy (non-hydrogen) atoms. The van der Waals surface area contributed by atoms with Crippen molar-refractivity contribution in [3.63, 3.8) is 0 Å². The molecule has 0 bridgehead atoms. The molecule has 78 valence electrons. The molecular weight excluding hydrogens is 194 g/mol. The highest BCUT2D eigenvalue weighted by Crippen LogP contribution is 1.98. The Labute approximate surface area is 79.9 Å². The number of hydrogen-bond acceptors (Lipinski definition) is 4. The van der Waals surface area contributed by atoms with Crippen molar-refractivity contribution in [2.24, 2.45) is 5.73 Å². The molecule has 0 aromatic heterocycles. The third-order valence-corrected chi connectivity index (χ3v) is 2.09. The molecule has 0 amide bonds. The van der Waals surface area contributed by atoms with Crippen LogP contribution in [0, 0.1) is 0 Å². The topological polar surface area (TPSA) is 89.6 Å². The molecular formula is C7H15NO4S. The minimum absolute atomic E-state index is 0.000590. The van der Waals surface area contributed by atoms with E-state index >= 15 is 0 Å². The standard InChI is InChI=1S/C7H15NO4S/c1-2-12-7(9)4-3-6(8)5-13(10)11/h6H,2-5,8H2,1H3,(H,10,11). The highest BCUT2D eigenvalue weighted by atomic mass is 32.2. The second-order valence-electron chi connectivity index (χ2n) is 2.59. The molecule has 6 heteroatoms. The van der Waals surface area contributed by atoms with Crippen LogP contribution >= 0.6 is 0 Å². The lowest BCUT2D eigenvalue weighted by molar-refractivity contribution is -0.143. The molecule has 0 heterocycles. The lowest BCUT2D eigenvalue weighted by Crippen LogP contribution is -2.27. The molecule has 0 saturated heterocycles. The zero-order valence-corrected chi connectivity index (χ0v) is 8.38. The van der Waals surface area contributed by atoms with Gasteiger partial charge in [0.15, 0.2) is 11.1 Å². The zero-order valence-electron chi connectivity index (χ0n) is 7.56. The summed E-state index contributed by atoms with van der Waals surface area (Å²) in [5.41, 5.74) is 5.46. The van der Waals surface area contributed by atoms with E-state index in [1.54, 1.807) is 6.92 Å². The van der Waals surface area contributed by atoms with E-state index in [0.717, 1.165) is 0 Å². The van der Waals surface area contributed by atoms with E-state index in [1.807, 2.05) is 0 Å². The predicted octanol–water partition coefficient (Wildman–Crippen LogP) is -0.121. The molecule has 3 N–H and O–H groups in total. The van der Waals surface area contributed by atoms with Gasteiger partial charge in [-0.1, -0.05) is 0 Å². The van der Waals surface area contributed by atoms with Crippen molar-refractivity contribution < 1.29 is 18.3 Å². The molecule has 0 spiro atoms. The van der Waals surface area contributed by atoms with Gasteiger partial charge in [0, 0.05) is 12.5 Å². The predicted molar refractivity (Wildman–Crippen MR) is 49.5 cm³/mol. The molecule has 0 radical (unpaired) electrons. The molecule has 5 nitrogen and oxygen atoms in total. The summed E-state index contributed by atoms with van der Waals surface area (Å²) in [4.78, 5) is 10.8. The summed E-state index contributed by atoms with van der Waals surface area (Å²) >= 11 is -1.89. The van der Waals surface area contributed by atoms with Crippen molar-refractivity contribution in [2.45, 2.75) is 25.8 Å². The highest BCUT2D eigenvalue weighted by Gasteiger charge is 2.09. The Balaban J connectivity index is 3.51. The van der Waals surface area contributed by atoms with E-state index < -0.39 is 17.1 Å². The van der Waals surface area contributed by atoms with Gasteiger partial charge < -0.3 is 15.0 Å². The first-order valence-corrected chi connectivity index (χ1v) is 5.32. The minimum atomic E-state index is -1.89. The van der Waals surface area contributed by atoms with Crippen LogP contribution in [0.2, 0.25) is 0 Å². The molecule has 0 aliphatic carbocycles. The SMILES string of the molecule is CCOC(=O)CCC(N)CS(=O)O. The van der Waals surface area contributed by atoms with Crippen molar-refractivity contribution >= 4 is 17.0 Å². The van der Waals surface area contributed by atoms with Gasteiger partial charge in [0.25, 0.3) is 0 Å². The maximum atomic E-state index is 10.8. The second-order valence-corrected chi connectivity index (χ2v) is 3.57. The summed E-state index contributed by atoms with van der Waals surface area (Å²) < 4.78 is 23.4. The van der Waals surface area contributed by atoms with E-state index in [0.29, 0.717) is 13.0 Å². The Kier molecular flexibility index (Phi) is 6.75. The lowest BCUT2D eigenvalue weighted by Gasteiger charge is -2.07. The largest absolute Gasteiger partial charge is 0.466 e. The van der Waals surface area contributed by atoms with Gasteiger partial charge in [0.2, 0.25) is 0 Å². The van der Waals surface area contributed by atoms with Crippen LogP contribution < -0.4 is 5.73 Å². The van der Waals surface area contributed by atoms with Crippen LogP contribution in [0.1, 0.15) is 19.8 Å². The van der Waals surface area contributed by atoms with Crippen LogP contribution in [-0.2, 0) is 20.6 Å². The first-order valence-electron chi connectivity index (χ1n) is 4.05. The first kappa shape index (κ1) is 12.5. The lowest BCUT2D eigenvalue weighted by atomic mass is 10.2. The highest BCUT2D eigenvalue weighted by molar-refractivity contribution is 7.79. The molecule has 2 unspecified atom stereocenters. The van der Waals surface area contributed by atoms with Gasteiger partial charge >= 0.3 is 5.97 Å². The minimum Gasteiger partial charge on any atom is -0.466 e. The molecule has 0 aliphatic heterocycles. The molecule has 0 fully saturated rings. The van der Waals surface area contributed by atoms with E-state index in [9.17, 15) is 9.00 Å². The fourth-order valence-corrected chi connectivity index (χ4v) is 1.34. The Morgan fingerprint density at radius 1 is 1.69 bits per heavy atom. The summed E-state index contributed by atoms with van der Waals surface area (Å²) in [7, 11) is 0. The fraction of sp³-hybridized carbons (Fsp3) is 0.857. The fourth-order valence-electron chi connectivity index (χ4n) is 0.803. The molecule has 0 aromatic carbocycles. The van der Waals surface area contributed by atoms with E-state index in [1.165, 1.54) is 0 Å². The number of carbonyl (C=O) groups excluding carboxylic acids is 1. The van der Waals surface area contributed by atoms with Gasteiger partial charge in [0.1, 0.15) is 0 Å². The average molecular weight is 209 g/mol. The average Bonchev–Trinajstić information content (AvgIpc) is 2.00.